The Bertz CT molecular complexity index is 632. The fraction of sp³-hybridized carbons (Fsp3) is 0.368. The minimum atomic E-state index is -1.00. The van der Waals surface area contributed by atoms with Crippen molar-refractivity contribution in [3.63, 3.8) is 0 Å². The van der Waals surface area contributed by atoms with Crippen LogP contribution in [0.15, 0.2) is 53.0 Å². The number of methoxy groups -OCH3 is 1. The Morgan fingerprint density at radius 2 is 1.76 bits per heavy atom. The molecule has 0 fully saturated rings. The average molecular weight is 411 g/mol. The van der Waals surface area contributed by atoms with E-state index in [4.69, 9.17) is 14.2 Å². The van der Waals surface area contributed by atoms with E-state index in [2.05, 4.69) is 15.9 Å². The summed E-state index contributed by atoms with van der Waals surface area (Å²) in [6.45, 7) is 0.497. The van der Waals surface area contributed by atoms with Gasteiger partial charge in [0.25, 0.3) is 0 Å². The molecule has 0 spiro atoms. The maximum Gasteiger partial charge on any atom is 0.118 e. The molecule has 0 aliphatic heterocycles. The normalized spacial score (nSPS) is 13.4. The van der Waals surface area contributed by atoms with Crippen LogP contribution in [0.4, 0.5) is 0 Å². The van der Waals surface area contributed by atoms with Gasteiger partial charge in [0, 0.05) is 4.47 Å². The Morgan fingerprint density at radius 1 is 1.04 bits per heavy atom. The van der Waals surface area contributed by atoms with Gasteiger partial charge in [-0.1, -0.05) is 46.3 Å². The summed E-state index contributed by atoms with van der Waals surface area (Å²) in [6.07, 6.45) is -1.62. The van der Waals surface area contributed by atoms with E-state index in [9.17, 15) is 10.2 Å². The number of aliphatic hydroxyl groups is 2. The second kappa shape index (κ2) is 10.5. The van der Waals surface area contributed by atoms with Crippen molar-refractivity contribution in [3.8, 4) is 5.75 Å². The van der Waals surface area contributed by atoms with Gasteiger partial charge in [0.1, 0.15) is 18.0 Å². The van der Waals surface area contributed by atoms with Gasteiger partial charge in [-0.15, -0.1) is 0 Å². The van der Waals surface area contributed by atoms with Gasteiger partial charge in [-0.25, -0.2) is 0 Å². The number of aliphatic hydroxyl groups excluding tert-OH is 2. The predicted octanol–water partition coefficient (Wildman–Crippen LogP) is 2.91. The van der Waals surface area contributed by atoms with Crippen molar-refractivity contribution >= 4 is 15.9 Å². The third-order valence-corrected chi connectivity index (χ3v) is 4.51. The monoisotopic (exact) mass is 410 g/mol. The van der Waals surface area contributed by atoms with Gasteiger partial charge in [0.2, 0.25) is 0 Å². The highest BCUT2D eigenvalue weighted by Gasteiger charge is 2.20. The van der Waals surface area contributed by atoms with Crippen molar-refractivity contribution in [1.82, 2.24) is 0 Å². The molecule has 2 aromatic carbocycles. The maximum absolute atomic E-state index is 9.95. The van der Waals surface area contributed by atoms with E-state index in [1.807, 2.05) is 48.5 Å². The fourth-order valence-corrected chi connectivity index (χ4v) is 2.61. The van der Waals surface area contributed by atoms with E-state index in [0.29, 0.717) is 13.2 Å². The Hall–Kier alpha value is -1.44. The molecule has 136 valence electrons. The zero-order chi connectivity index (χ0) is 18.1. The van der Waals surface area contributed by atoms with Gasteiger partial charge in [-0.3, -0.25) is 0 Å². The molecule has 0 saturated heterocycles. The zero-order valence-corrected chi connectivity index (χ0v) is 15.7. The van der Waals surface area contributed by atoms with Crippen molar-refractivity contribution < 1.29 is 24.4 Å². The van der Waals surface area contributed by atoms with E-state index in [1.165, 1.54) is 0 Å². The number of halogens is 1. The number of rotatable bonds is 10. The van der Waals surface area contributed by atoms with Crippen LogP contribution in [0.1, 0.15) is 11.1 Å². The second-order valence-corrected chi connectivity index (χ2v) is 6.41. The summed E-state index contributed by atoms with van der Waals surface area (Å²) >= 11 is 3.46. The first-order valence-electron chi connectivity index (χ1n) is 7.98. The molecule has 0 aliphatic rings. The third-order valence-electron chi connectivity index (χ3n) is 3.74. The first-order valence-corrected chi connectivity index (χ1v) is 8.78. The SMILES string of the molecule is COc1ccc(COC[C@H](OCc2ccccc2Br)[C@H](O)CO)cc1. The van der Waals surface area contributed by atoms with E-state index in [0.717, 1.165) is 21.3 Å². The minimum Gasteiger partial charge on any atom is -0.497 e. The lowest BCUT2D eigenvalue weighted by Gasteiger charge is -2.22. The molecule has 0 bridgehead atoms. The lowest BCUT2D eigenvalue weighted by Crippen LogP contribution is -2.36. The predicted molar refractivity (Wildman–Crippen MR) is 98.5 cm³/mol. The molecule has 6 heteroatoms. The van der Waals surface area contributed by atoms with E-state index >= 15 is 0 Å². The van der Waals surface area contributed by atoms with Crippen LogP contribution in [-0.2, 0) is 22.7 Å². The van der Waals surface area contributed by atoms with Gasteiger partial charge >= 0.3 is 0 Å². The van der Waals surface area contributed by atoms with Crippen LogP contribution in [0.25, 0.3) is 0 Å². The summed E-state index contributed by atoms with van der Waals surface area (Å²) in [4.78, 5) is 0. The molecule has 2 rings (SSSR count). The lowest BCUT2D eigenvalue weighted by atomic mass is 10.2. The third kappa shape index (κ3) is 6.41. The van der Waals surface area contributed by atoms with Crippen molar-refractivity contribution in [3.05, 3.63) is 64.1 Å². The minimum absolute atomic E-state index is 0.179. The molecular formula is C19H23BrO5. The Balaban J connectivity index is 1.85. The summed E-state index contributed by atoms with van der Waals surface area (Å²) in [5, 5.41) is 19.2. The van der Waals surface area contributed by atoms with Crippen LogP contribution in [-0.4, -0.2) is 42.7 Å². The van der Waals surface area contributed by atoms with Crippen LogP contribution in [0.5, 0.6) is 5.75 Å². The van der Waals surface area contributed by atoms with Gasteiger partial charge < -0.3 is 24.4 Å². The molecule has 0 saturated carbocycles. The molecule has 0 unspecified atom stereocenters. The lowest BCUT2D eigenvalue weighted by molar-refractivity contribution is -0.102. The van der Waals surface area contributed by atoms with Crippen LogP contribution >= 0.6 is 15.9 Å². The van der Waals surface area contributed by atoms with Crippen LogP contribution in [0, 0.1) is 0 Å². The Kier molecular flexibility index (Phi) is 8.37. The number of hydrogen-bond acceptors (Lipinski definition) is 5. The molecule has 25 heavy (non-hydrogen) atoms. The number of ether oxygens (including phenoxy) is 3. The largest absolute Gasteiger partial charge is 0.497 e. The standard InChI is InChI=1S/C19H23BrO5/c1-23-16-8-6-14(7-9-16)11-24-13-19(18(22)10-21)25-12-15-4-2-3-5-17(15)20/h2-9,18-19,21-22H,10-13H2,1H3/t18-,19+/m1/s1. The number of hydrogen-bond donors (Lipinski definition) is 2. The van der Waals surface area contributed by atoms with Crippen LogP contribution in [0.3, 0.4) is 0 Å². The summed E-state index contributed by atoms with van der Waals surface area (Å²) in [7, 11) is 1.62. The molecule has 2 atom stereocenters. The van der Waals surface area contributed by atoms with Gasteiger partial charge in [-0.05, 0) is 29.3 Å². The highest BCUT2D eigenvalue weighted by atomic mass is 79.9. The van der Waals surface area contributed by atoms with Gasteiger partial charge in [0.05, 0.1) is 33.5 Å². The van der Waals surface area contributed by atoms with Crippen molar-refractivity contribution in [2.75, 3.05) is 20.3 Å². The maximum atomic E-state index is 9.95. The molecule has 0 heterocycles. The highest BCUT2D eigenvalue weighted by Crippen LogP contribution is 2.18. The number of benzene rings is 2. The molecule has 2 aromatic rings. The van der Waals surface area contributed by atoms with Crippen LogP contribution < -0.4 is 4.74 Å². The first-order chi connectivity index (χ1) is 12.1. The topological polar surface area (TPSA) is 68.2 Å². The summed E-state index contributed by atoms with van der Waals surface area (Å²) in [5.74, 6) is 0.786. The van der Waals surface area contributed by atoms with E-state index in [-0.39, 0.29) is 13.2 Å². The fourth-order valence-electron chi connectivity index (χ4n) is 2.21. The molecule has 0 amide bonds. The Morgan fingerprint density at radius 3 is 2.40 bits per heavy atom. The van der Waals surface area contributed by atoms with Gasteiger partial charge in [0.15, 0.2) is 0 Å². The first kappa shape index (κ1) is 19.9. The summed E-state index contributed by atoms with van der Waals surface area (Å²) < 4.78 is 17.5. The molecule has 0 aliphatic carbocycles. The molecule has 0 radical (unpaired) electrons. The molecule has 2 N–H and O–H groups in total. The Labute approximate surface area is 156 Å². The van der Waals surface area contributed by atoms with Crippen molar-refractivity contribution in [2.45, 2.75) is 25.4 Å². The summed E-state index contributed by atoms with van der Waals surface area (Å²) in [6, 6.07) is 15.3. The smallest absolute Gasteiger partial charge is 0.118 e. The van der Waals surface area contributed by atoms with E-state index in [1.54, 1.807) is 7.11 Å². The van der Waals surface area contributed by atoms with E-state index < -0.39 is 12.2 Å². The summed E-state index contributed by atoms with van der Waals surface area (Å²) in [5.41, 5.74) is 1.96. The molecule has 0 aromatic heterocycles. The van der Waals surface area contributed by atoms with Crippen LogP contribution in [0.2, 0.25) is 0 Å². The quantitative estimate of drug-likeness (QED) is 0.630. The van der Waals surface area contributed by atoms with Crippen molar-refractivity contribution in [2.24, 2.45) is 0 Å². The second-order valence-electron chi connectivity index (χ2n) is 5.55. The average Bonchev–Trinajstić information content (AvgIpc) is 2.65. The van der Waals surface area contributed by atoms with Crippen molar-refractivity contribution in [1.29, 1.82) is 0 Å². The van der Waals surface area contributed by atoms with Gasteiger partial charge in [-0.2, -0.15) is 0 Å². The molecule has 5 nitrogen and oxygen atoms in total. The molecular weight excluding hydrogens is 388 g/mol. The zero-order valence-electron chi connectivity index (χ0n) is 14.1. The highest BCUT2D eigenvalue weighted by molar-refractivity contribution is 9.10.